The van der Waals surface area contributed by atoms with E-state index in [2.05, 4.69) is 10.3 Å². The average Bonchev–Trinajstić information content (AvgIpc) is 2.59. The van der Waals surface area contributed by atoms with Crippen LogP contribution in [0.5, 0.6) is 0 Å². The predicted molar refractivity (Wildman–Crippen MR) is 50.2 cm³/mol. The molecule has 2 aromatic rings. The summed E-state index contributed by atoms with van der Waals surface area (Å²) in [6, 6.07) is 4.86. The molecule has 0 aliphatic heterocycles. The number of non-ortho nitro benzene ring substituents is 1. The van der Waals surface area contributed by atoms with Gasteiger partial charge in [0.2, 0.25) is 0 Å². The van der Waals surface area contributed by atoms with Gasteiger partial charge in [-0.1, -0.05) is 6.07 Å². The van der Waals surface area contributed by atoms with E-state index in [9.17, 15) is 10.1 Å². The fourth-order valence-corrected chi connectivity index (χ4v) is 1.19. The van der Waals surface area contributed by atoms with Crippen LogP contribution in [0.25, 0.3) is 11.1 Å². The van der Waals surface area contributed by atoms with Gasteiger partial charge >= 0.3 is 0 Å². The highest BCUT2D eigenvalue weighted by atomic mass is 16.6. The van der Waals surface area contributed by atoms with E-state index in [1.54, 1.807) is 19.2 Å². The normalized spacial score (nSPS) is 10.4. The highest BCUT2D eigenvalue weighted by molar-refractivity contribution is 5.83. The van der Waals surface area contributed by atoms with Gasteiger partial charge in [0.1, 0.15) is 0 Å². The molecule has 14 heavy (non-hydrogen) atoms. The molecule has 0 aliphatic carbocycles. The van der Waals surface area contributed by atoms with Crippen LogP contribution in [0, 0.1) is 10.1 Å². The molecule has 1 aromatic carbocycles. The van der Waals surface area contributed by atoms with Gasteiger partial charge in [-0.05, 0) is 6.07 Å². The molecule has 1 aromatic heterocycles. The van der Waals surface area contributed by atoms with Crippen LogP contribution in [0.3, 0.4) is 0 Å². The molecule has 0 fully saturated rings. The molecule has 72 valence electrons. The summed E-state index contributed by atoms with van der Waals surface area (Å²) in [5.74, 6) is 0. The lowest BCUT2D eigenvalue weighted by atomic mass is 10.3. The molecule has 0 spiro atoms. The molecular formula is C8H7N3O3. The Morgan fingerprint density at radius 3 is 3.00 bits per heavy atom. The summed E-state index contributed by atoms with van der Waals surface area (Å²) in [4.78, 5) is 14.1. The molecule has 1 N–H and O–H groups in total. The number of oxazole rings is 1. The number of benzene rings is 1. The summed E-state index contributed by atoms with van der Waals surface area (Å²) in [7, 11) is 1.64. The van der Waals surface area contributed by atoms with Crippen LogP contribution >= 0.6 is 0 Å². The number of nitrogens with one attached hydrogen (secondary N) is 1. The lowest BCUT2D eigenvalue weighted by Gasteiger charge is -1.88. The predicted octanol–water partition coefficient (Wildman–Crippen LogP) is 1.78. The van der Waals surface area contributed by atoms with Gasteiger partial charge in [0.15, 0.2) is 11.1 Å². The second-order valence-corrected chi connectivity index (χ2v) is 2.65. The van der Waals surface area contributed by atoms with E-state index in [0.29, 0.717) is 5.58 Å². The van der Waals surface area contributed by atoms with Crippen LogP contribution in [0.1, 0.15) is 0 Å². The summed E-state index contributed by atoms with van der Waals surface area (Å²) in [5.41, 5.74) is 0.623. The summed E-state index contributed by atoms with van der Waals surface area (Å²) in [6.07, 6.45) is 0. The third-order valence-electron chi connectivity index (χ3n) is 1.81. The fourth-order valence-electron chi connectivity index (χ4n) is 1.19. The van der Waals surface area contributed by atoms with Crippen LogP contribution in [-0.2, 0) is 0 Å². The van der Waals surface area contributed by atoms with Crippen molar-refractivity contribution >= 4 is 22.8 Å². The van der Waals surface area contributed by atoms with Gasteiger partial charge in [0, 0.05) is 13.1 Å². The fraction of sp³-hybridized carbons (Fsp3) is 0.125. The van der Waals surface area contributed by atoms with Crippen LogP contribution in [0.15, 0.2) is 22.6 Å². The zero-order valence-corrected chi connectivity index (χ0v) is 7.35. The van der Waals surface area contributed by atoms with E-state index >= 15 is 0 Å². The van der Waals surface area contributed by atoms with Crippen LogP contribution in [-0.4, -0.2) is 17.0 Å². The summed E-state index contributed by atoms with van der Waals surface area (Å²) >= 11 is 0. The van der Waals surface area contributed by atoms with Gasteiger partial charge in [0.25, 0.3) is 11.7 Å². The number of nitro benzene ring substituents is 1. The van der Waals surface area contributed by atoms with Gasteiger partial charge < -0.3 is 9.73 Å². The number of hydrogen-bond donors (Lipinski definition) is 1. The first-order chi connectivity index (χ1) is 6.72. The SMILES string of the molecule is CNc1nc2c([N+](=O)[O-])cccc2o1. The third-order valence-corrected chi connectivity index (χ3v) is 1.81. The Balaban J connectivity index is 2.73. The highest BCUT2D eigenvalue weighted by Gasteiger charge is 2.16. The van der Waals surface area contributed by atoms with Crippen molar-refractivity contribution in [3.05, 3.63) is 28.3 Å². The van der Waals surface area contributed by atoms with Crippen LogP contribution in [0.4, 0.5) is 11.7 Å². The van der Waals surface area contributed by atoms with E-state index < -0.39 is 4.92 Å². The van der Waals surface area contributed by atoms with Crippen molar-refractivity contribution in [2.45, 2.75) is 0 Å². The lowest BCUT2D eigenvalue weighted by molar-refractivity contribution is -0.383. The highest BCUT2D eigenvalue weighted by Crippen LogP contribution is 2.26. The topological polar surface area (TPSA) is 81.2 Å². The minimum absolute atomic E-state index is 0.0484. The maximum atomic E-state index is 10.6. The molecule has 0 saturated carbocycles. The van der Waals surface area contributed by atoms with Crippen molar-refractivity contribution in [1.82, 2.24) is 4.98 Å². The maximum Gasteiger partial charge on any atom is 0.298 e. The molecule has 0 saturated heterocycles. The standard InChI is InChI=1S/C8H7N3O3/c1-9-8-10-7-5(11(12)13)3-2-4-6(7)14-8/h2-4H,1H3,(H,9,10). The number of nitro groups is 1. The first kappa shape index (κ1) is 8.49. The van der Waals surface area contributed by atoms with Crippen LogP contribution in [0.2, 0.25) is 0 Å². The van der Waals surface area contributed by atoms with E-state index in [0.717, 1.165) is 0 Å². The van der Waals surface area contributed by atoms with E-state index in [4.69, 9.17) is 4.42 Å². The number of fused-ring (bicyclic) bond motifs is 1. The monoisotopic (exact) mass is 193 g/mol. The quantitative estimate of drug-likeness (QED) is 0.580. The first-order valence-electron chi connectivity index (χ1n) is 3.94. The van der Waals surface area contributed by atoms with Crippen molar-refractivity contribution in [2.24, 2.45) is 0 Å². The summed E-state index contributed by atoms with van der Waals surface area (Å²) in [6.45, 7) is 0. The van der Waals surface area contributed by atoms with E-state index in [1.807, 2.05) is 0 Å². The number of para-hydroxylation sites is 1. The second-order valence-electron chi connectivity index (χ2n) is 2.65. The molecule has 0 radical (unpaired) electrons. The average molecular weight is 193 g/mol. The van der Waals surface area contributed by atoms with Crippen molar-refractivity contribution in [3.8, 4) is 0 Å². The zero-order valence-electron chi connectivity index (χ0n) is 7.35. The minimum atomic E-state index is -0.482. The molecule has 0 amide bonds. The molecule has 0 aliphatic rings. The summed E-state index contributed by atoms with van der Waals surface area (Å²) in [5, 5.41) is 13.3. The smallest absolute Gasteiger partial charge is 0.298 e. The number of aromatic nitrogens is 1. The lowest BCUT2D eigenvalue weighted by Crippen LogP contribution is -1.89. The van der Waals surface area contributed by atoms with Crippen molar-refractivity contribution in [2.75, 3.05) is 12.4 Å². The number of hydrogen-bond acceptors (Lipinski definition) is 5. The number of anilines is 1. The Labute approximate surface area is 78.7 Å². The van der Waals surface area contributed by atoms with Gasteiger partial charge in [-0.3, -0.25) is 10.1 Å². The van der Waals surface area contributed by atoms with Gasteiger partial charge in [-0.15, -0.1) is 0 Å². The largest absolute Gasteiger partial charge is 0.423 e. The Hall–Kier alpha value is -2.11. The van der Waals surface area contributed by atoms with Gasteiger partial charge in [0.05, 0.1) is 4.92 Å². The Bertz CT molecular complexity index is 492. The van der Waals surface area contributed by atoms with Crippen molar-refractivity contribution in [3.63, 3.8) is 0 Å². The van der Waals surface area contributed by atoms with Gasteiger partial charge in [-0.2, -0.15) is 4.98 Å². The molecule has 6 nitrogen and oxygen atoms in total. The zero-order chi connectivity index (χ0) is 10.1. The van der Waals surface area contributed by atoms with E-state index in [-0.39, 0.29) is 17.2 Å². The molecular weight excluding hydrogens is 186 g/mol. The summed E-state index contributed by atoms with van der Waals surface area (Å²) < 4.78 is 5.18. The molecule has 0 atom stereocenters. The Morgan fingerprint density at radius 2 is 2.36 bits per heavy atom. The number of rotatable bonds is 2. The maximum absolute atomic E-state index is 10.6. The second kappa shape index (κ2) is 2.99. The van der Waals surface area contributed by atoms with Gasteiger partial charge in [-0.25, -0.2) is 0 Å². The number of nitrogens with zero attached hydrogens (tertiary/aromatic N) is 2. The molecule has 2 rings (SSSR count). The molecule has 0 bridgehead atoms. The molecule has 6 heteroatoms. The third kappa shape index (κ3) is 1.17. The van der Waals surface area contributed by atoms with E-state index in [1.165, 1.54) is 6.07 Å². The minimum Gasteiger partial charge on any atom is -0.423 e. The molecule has 1 heterocycles. The first-order valence-corrected chi connectivity index (χ1v) is 3.94. The van der Waals surface area contributed by atoms with Crippen LogP contribution < -0.4 is 5.32 Å². The van der Waals surface area contributed by atoms with Crippen molar-refractivity contribution in [1.29, 1.82) is 0 Å². The molecule has 0 unspecified atom stereocenters. The Morgan fingerprint density at radius 1 is 1.57 bits per heavy atom. The van der Waals surface area contributed by atoms with Crippen molar-refractivity contribution < 1.29 is 9.34 Å². The Kier molecular flexibility index (Phi) is 1.81.